The van der Waals surface area contributed by atoms with Crippen molar-refractivity contribution in [3.63, 3.8) is 0 Å². The van der Waals surface area contributed by atoms with Crippen LogP contribution in [0.5, 0.6) is 28.7 Å². The van der Waals surface area contributed by atoms with Crippen molar-refractivity contribution in [1.29, 1.82) is 0 Å². The summed E-state index contributed by atoms with van der Waals surface area (Å²) in [5, 5.41) is 50.6. The summed E-state index contributed by atoms with van der Waals surface area (Å²) in [5.74, 6) is 0.504. The lowest BCUT2D eigenvalue weighted by molar-refractivity contribution is 0.451. The standard InChI is InChI=1S/C28H20O6/c29-20-7-2-16(3-8-20)1-4-18-11-24(33)15-25-26(18)27(19-12-22(31)14-23(32)13-19)28(34-25)17-5-9-21(30)10-6-17/h1-15,29-33H/b4-1+. The van der Waals surface area contributed by atoms with Crippen molar-refractivity contribution in [3.8, 4) is 51.2 Å². The van der Waals surface area contributed by atoms with Gasteiger partial charge in [-0.2, -0.15) is 0 Å². The Morgan fingerprint density at radius 1 is 0.529 bits per heavy atom. The van der Waals surface area contributed by atoms with Crippen LogP contribution < -0.4 is 0 Å². The normalized spacial score (nSPS) is 11.4. The molecule has 0 spiro atoms. The molecular formula is C28H20O6. The maximum Gasteiger partial charge on any atom is 0.143 e. The van der Waals surface area contributed by atoms with Gasteiger partial charge in [-0.15, -0.1) is 0 Å². The highest BCUT2D eigenvalue weighted by Crippen LogP contribution is 2.45. The fourth-order valence-corrected chi connectivity index (χ4v) is 3.98. The molecule has 0 aliphatic carbocycles. The van der Waals surface area contributed by atoms with Gasteiger partial charge in [0.2, 0.25) is 0 Å². The summed E-state index contributed by atoms with van der Waals surface area (Å²) in [7, 11) is 0. The predicted molar refractivity (Wildman–Crippen MR) is 131 cm³/mol. The molecule has 5 aromatic rings. The van der Waals surface area contributed by atoms with E-state index in [0.717, 1.165) is 5.56 Å². The van der Waals surface area contributed by atoms with Crippen molar-refractivity contribution in [1.82, 2.24) is 0 Å². The number of hydrogen-bond donors (Lipinski definition) is 5. The molecule has 0 saturated heterocycles. The van der Waals surface area contributed by atoms with Crippen molar-refractivity contribution in [2.75, 3.05) is 0 Å². The van der Waals surface area contributed by atoms with Crippen LogP contribution >= 0.6 is 0 Å². The third kappa shape index (κ3) is 4.00. The maximum absolute atomic E-state index is 10.4. The number of fused-ring (bicyclic) bond motifs is 1. The zero-order valence-electron chi connectivity index (χ0n) is 17.8. The van der Waals surface area contributed by atoms with Gasteiger partial charge in [0.05, 0.1) is 0 Å². The molecule has 0 aliphatic heterocycles. The Hall–Kier alpha value is -4.84. The second-order valence-electron chi connectivity index (χ2n) is 7.92. The molecule has 0 fully saturated rings. The molecule has 0 bridgehead atoms. The Morgan fingerprint density at radius 2 is 1.12 bits per heavy atom. The Bertz CT molecular complexity index is 1510. The van der Waals surface area contributed by atoms with E-state index in [1.807, 2.05) is 12.2 Å². The van der Waals surface area contributed by atoms with Crippen molar-refractivity contribution in [2.24, 2.45) is 0 Å². The first-order chi connectivity index (χ1) is 16.4. The van der Waals surface area contributed by atoms with Gasteiger partial charge in [-0.25, -0.2) is 0 Å². The Morgan fingerprint density at radius 3 is 1.76 bits per heavy atom. The van der Waals surface area contributed by atoms with E-state index in [1.165, 1.54) is 36.4 Å². The zero-order chi connectivity index (χ0) is 23.8. The third-order valence-electron chi connectivity index (χ3n) is 5.48. The second-order valence-corrected chi connectivity index (χ2v) is 7.92. The summed E-state index contributed by atoms with van der Waals surface area (Å²) >= 11 is 0. The Labute approximate surface area is 194 Å². The van der Waals surface area contributed by atoms with Crippen LogP contribution in [-0.4, -0.2) is 25.5 Å². The molecule has 0 saturated carbocycles. The largest absolute Gasteiger partial charge is 0.508 e. The van der Waals surface area contributed by atoms with E-state index >= 15 is 0 Å². The van der Waals surface area contributed by atoms with E-state index in [0.29, 0.717) is 39.0 Å². The number of rotatable bonds is 4. The number of aromatic hydroxyl groups is 5. The van der Waals surface area contributed by atoms with Gasteiger partial charge < -0.3 is 29.9 Å². The van der Waals surface area contributed by atoms with Crippen LogP contribution in [0, 0.1) is 0 Å². The zero-order valence-corrected chi connectivity index (χ0v) is 17.8. The van der Waals surface area contributed by atoms with Gasteiger partial charge in [0.15, 0.2) is 0 Å². The van der Waals surface area contributed by atoms with Crippen LogP contribution in [0.15, 0.2) is 83.3 Å². The molecule has 0 radical (unpaired) electrons. The number of phenols is 5. The summed E-state index contributed by atoms with van der Waals surface area (Å²) < 4.78 is 6.18. The topological polar surface area (TPSA) is 114 Å². The van der Waals surface area contributed by atoms with Crippen LogP contribution in [-0.2, 0) is 0 Å². The third-order valence-corrected chi connectivity index (χ3v) is 5.48. The highest BCUT2D eigenvalue weighted by molar-refractivity contribution is 6.07. The lowest BCUT2D eigenvalue weighted by Crippen LogP contribution is -1.84. The van der Waals surface area contributed by atoms with Gasteiger partial charge >= 0.3 is 0 Å². The van der Waals surface area contributed by atoms with Crippen LogP contribution in [0.3, 0.4) is 0 Å². The fraction of sp³-hybridized carbons (Fsp3) is 0. The van der Waals surface area contributed by atoms with Crippen LogP contribution in [0.4, 0.5) is 0 Å². The highest BCUT2D eigenvalue weighted by Gasteiger charge is 2.21. The molecule has 0 atom stereocenters. The van der Waals surface area contributed by atoms with Gasteiger partial charge in [-0.3, -0.25) is 0 Å². The Balaban J connectivity index is 1.79. The molecule has 6 nitrogen and oxygen atoms in total. The molecule has 5 rings (SSSR count). The molecule has 0 unspecified atom stereocenters. The van der Waals surface area contributed by atoms with Gasteiger partial charge in [0, 0.05) is 28.6 Å². The molecular weight excluding hydrogens is 432 g/mol. The van der Waals surface area contributed by atoms with Crippen molar-refractivity contribution in [3.05, 3.63) is 90.0 Å². The van der Waals surface area contributed by atoms with E-state index in [2.05, 4.69) is 0 Å². The summed E-state index contributed by atoms with van der Waals surface area (Å²) in [6.07, 6.45) is 3.65. The average molecular weight is 452 g/mol. The lowest BCUT2D eigenvalue weighted by Gasteiger charge is -2.08. The van der Waals surface area contributed by atoms with E-state index in [1.54, 1.807) is 42.5 Å². The van der Waals surface area contributed by atoms with Crippen molar-refractivity contribution in [2.45, 2.75) is 0 Å². The summed E-state index contributed by atoms with van der Waals surface area (Å²) in [4.78, 5) is 0. The van der Waals surface area contributed by atoms with E-state index in [9.17, 15) is 25.5 Å². The molecule has 168 valence electrons. The molecule has 1 heterocycles. The van der Waals surface area contributed by atoms with Gasteiger partial charge in [-0.1, -0.05) is 24.3 Å². The molecule has 34 heavy (non-hydrogen) atoms. The molecule has 0 amide bonds. The number of hydrogen-bond acceptors (Lipinski definition) is 6. The minimum Gasteiger partial charge on any atom is -0.508 e. The average Bonchev–Trinajstić information content (AvgIpc) is 3.17. The van der Waals surface area contributed by atoms with Crippen LogP contribution in [0.2, 0.25) is 0 Å². The first kappa shape index (κ1) is 21.0. The smallest absolute Gasteiger partial charge is 0.143 e. The van der Waals surface area contributed by atoms with Crippen LogP contribution in [0.1, 0.15) is 11.1 Å². The SMILES string of the molecule is Oc1ccc(/C=C/c2cc(O)cc3oc(-c4ccc(O)cc4)c(-c4cc(O)cc(O)c4)c23)cc1. The van der Waals surface area contributed by atoms with E-state index in [4.69, 9.17) is 4.42 Å². The molecule has 1 aromatic heterocycles. The van der Waals surface area contributed by atoms with Crippen molar-refractivity contribution >= 4 is 23.1 Å². The van der Waals surface area contributed by atoms with E-state index in [-0.39, 0.29) is 28.7 Å². The Kier molecular flexibility index (Phi) is 5.11. The number of benzene rings is 4. The monoisotopic (exact) mass is 452 g/mol. The molecule has 4 aromatic carbocycles. The van der Waals surface area contributed by atoms with Crippen LogP contribution in [0.25, 0.3) is 45.6 Å². The van der Waals surface area contributed by atoms with Gasteiger partial charge in [0.25, 0.3) is 0 Å². The number of phenolic OH excluding ortho intramolecular Hbond substituents is 5. The first-order valence-electron chi connectivity index (χ1n) is 10.5. The summed E-state index contributed by atoms with van der Waals surface area (Å²) in [6, 6.07) is 20.5. The number of furan rings is 1. The van der Waals surface area contributed by atoms with Gasteiger partial charge in [0.1, 0.15) is 40.1 Å². The first-order valence-corrected chi connectivity index (χ1v) is 10.5. The minimum absolute atomic E-state index is 0.00849. The second kappa shape index (κ2) is 8.26. The molecule has 5 N–H and O–H groups in total. The summed E-state index contributed by atoms with van der Waals surface area (Å²) in [6.45, 7) is 0. The molecule has 0 aliphatic rings. The minimum atomic E-state index is -0.110. The quantitative estimate of drug-likeness (QED) is 0.200. The summed E-state index contributed by atoms with van der Waals surface area (Å²) in [5.41, 5.74) is 3.69. The highest BCUT2D eigenvalue weighted by atomic mass is 16.3. The lowest BCUT2D eigenvalue weighted by atomic mass is 9.95. The predicted octanol–water partition coefficient (Wildman–Crippen LogP) is 6.47. The maximum atomic E-state index is 10.4. The fourth-order valence-electron chi connectivity index (χ4n) is 3.98. The molecule has 6 heteroatoms. The van der Waals surface area contributed by atoms with Crippen molar-refractivity contribution < 1.29 is 29.9 Å². The van der Waals surface area contributed by atoms with Gasteiger partial charge in [-0.05, 0) is 71.3 Å². The van der Waals surface area contributed by atoms with E-state index < -0.39 is 0 Å².